The molecule has 0 unspecified atom stereocenters. The normalized spacial score (nSPS) is 21.7. The van der Waals surface area contributed by atoms with Gasteiger partial charge >= 0.3 is 6.01 Å². The van der Waals surface area contributed by atoms with Crippen LogP contribution >= 0.6 is 0 Å². The Balaban J connectivity index is 1.21. The van der Waals surface area contributed by atoms with Crippen molar-refractivity contribution in [1.29, 1.82) is 0 Å². The molecule has 174 valence electrons. The Labute approximate surface area is 190 Å². The predicted octanol–water partition coefficient (Wildman–Crippen LogP) is 2.82. The third-order valence-electron chi connectivity index (χ3n) is 6.37. The molecule has 3 aromatic rings. The zero-order chi connectivity index (χ0) is 23.2. The first kappa shape index (κ1) is 21.7. The molecule has 0 amide bonds. The van der Waals surface area contributed by atoms with E-state index in [1.165, 1.54) is 6.07 Å². The van der Waals surface area contributed by atoms with Crippen molar-refractivity contribution in [2.45, 2.75) is 61.5 Å². The van der Waals surface area contributed by atoms with Crippen LogP contribution in [0.25, 0.3) is 0 Å². The van der Waals surface area contributed by atoms with Crippen molar-refractivity contribution in [3.8, 4) is 6.01 Å². The number of primary sulfonamides is 1. The van der Waals surface area contributed by atoms with Crippen molar-refractivity contribution in [3.63, 3.8) is 0 Å². The fraction of sp³-hybridized carbons (Fsp3) is 0.429. The number of nitrogens with two attached hydrogens (primary N) is 1. The van der Waals surface area contributed by atoms with Crippen molar-refractivity contribution in [2.75, 3.05) is 5.32 Å². The Kier molecular flexibility index (Phi) is 5.28. The molecule has 33 heavy (non-hydrogen) atoms. The largest absolute Gasteiger partial charge is 0.460 e. The maximum absolute atomic E-state index is 14.0. The van der Waals surface area contributed by atoms with Gasteiger partial charge in [-0.2, -0.15) is 0 Å². The molecule has 2 atom stereocenters. The number of sulfonamides is 1. The van der Waals surface area contributed by atoms with Crippen molar-refractivity contribution < 1.29 is 17.5 Å². The molecule has 2 fully saturated rings. The number of nitrogens with zero attached hydrogens (tertiary/aromatic N) is 5. The maximum atomic E-state index is 14.0. The Morgan fingerprint density at radius 2 is 2.00 bits per heavy atom. The summed E-state index contributed by atoms with van der Waals surface area (Å²) in [5.41, 5.74) is 1.39. The lowest BCUT2D eigenvalue weighted by Gasteiger charge is -2.17. The molecule has 2 saturated carbocycles. The van der Waals surface area contributed by atoms with Crippen LogP contribution in [0.1, 0.15) is 50.5 Å². The zero-order valence-corrected chi connectivity index (χ0v) is 18.8. The van der Waals surface area contributed by atoms with Crippen LogP contribution in [0.5, 0.6) is 6.01 Å². The van der Waals surface area contributed by atoms with E-state index in [2.05, 4.69) is 32.4 Å². The first-order valence-corrected chi connectivity index (χ1v) is 12.2. The summed E-state index contributed by atoms with van der Waals surface area (Å²) in [4.78, 5) is 8.08. The molecular formula is C21H24FN7O3S. The maximum Gasteiger partial charge on any atom is 0.317 e. The predicted molar refractivity (Wildman–Crippen MR) is 117 cm³/mol. The monoisotopic (exact) mass is 473 g/mol. The van der Waals surface area contributed by atoms with Gasteiger partial charge in [-0.15, -0.1) is 5.10 Å². The number of hydrogen-bond donors (Lipinski definition) is 2. The number of benzene rings is 1. The van der Waals surface area contributed by atoms with Gasteiger partial charge in [0.05, 0.1) is 0 Å². The number of anilines is 2. The zero-order valence-electron chi connectivity index (χ0n) is 18.0. The molecule has 2 heterocycles. The highest BCUT2D eigenvalue weighted by Crippen LogP contribution is 2.45. The lowest BCUT2D eigenvalue weighted by Crippen LogP contribution is -2.19. The average molecular weight is 474 g/mol. The second-order valence-corrected chi connectivity index (χ2v) is 10.4. The lowest BCUT2D eigenvalue weighted by atomic mass is 10.0. The van der Waals surface area contributed by atoms with Gasteiger partial charge in [-0.05, 0) is 68.7 Å². The Morgan fingerprint density at radius 1 is 1.24 bits per heavy atom. The van der Waals surface area contributed by atoms with Crippen molar-refractivity contribution >= 4 is 21.7 Å². The number of ether oxygens (including phenoxy) is 1. The van der Waals surface area contributed by atoms with E-state index in [0.29, 0.717) is 11.7 Å². The number of halogens is 1. The number of aromatic nitrogens is 5. The Bertz CT molecular complexity index is 1280. The number of rotatable bonds is 7. The minimum absolute atomic E-state index is 0.0541. The van der Waals surface area contributed by atoms with E-state index in [9.17, 15) is 12.8 Å². The van der Waals surface area contributed by atoms with Gasteiger partial charge in [0, 0.05) is 23.6 Å². The molecule has 0 aliphatic heterocycles. The van der Waals surface area contributed by atoms with Gasteiger partial charge in [-0.3, -0.25) is 4.57 Å². The molecule has 0 bridgehead atoms. The van der Waals surface area contributed by atoms with Crippen LogP contribution in [0, 0.1) is 5.82 Å². The van der Waals surface area contributed by atoms with Crippen molar-refractivity contribution in [1.82, 2.24) is 24.7 Å². The fourth-order valence-corrected chi connectivity index (χ4v) is 4.74. The van der Waals surface area contributed by atoms with E-state index in [0.717, 1.165) is 49.8 Å². The molecule has 12 heteroatoms. The van der Waals surface area contributed by atoms with Gasteiger partial charge in [0.25, 0.3) is 0 Å². The molecule has 0 radical (unpaired) electrons. The third-order valence-corrected chi connectivity index (χ3v) is 7.31. The van der Waals surface area contributed by atoms with Crippen molar-refractivity contribution in [3.05, 3.63) is 48.3 Å². The summed E-state index contributed by atoms with van der Waals surface area (Å²) >= 11 is 0. The molecular weight excluding hydrogens is 449 g/mol. The van der Waals surface area contributed by atoms with Crippen molar-refractivity contribution in [2.24, 2.45) is 5.14 Å². The van der Waals surface area contributed by atoms with Crippen LogP contribution in [-0.4, -0.2) is 39.3 Å². The minimum Gasteiger partial charge on any atom is -0.460 e. The van der Waals surface area contributed by atoms with E-state index in [4.69, 9.17) is 9.88 Å². The molecule has 2 aromatic heterocycles. The Hall–Kier alpha value is -3.12. The summed E-state index contributed by atoms with van der Waals surface area (Å²) in [6, 6.07) is 4.12. The van der Waals surface area contributed by atoms with Gasteiger partial charge in [0.2, 0.25) is 16.0 Å². The molecule has 0 spiro atoms. The molecule has 3 N–H and O–H groups in total. The lowest BCUT2D eigenvalue weighted by molar-refractivity contribution is 0.175. The van der Waals surface area contributed by atoms with Gasteiger partial charge in [0.1, 0.15) is 23.1 Å². The summed E-state index contributed by atoms with van der Waals surface area (Å²) in [6.45, 7) is 2.18. The van der Waals surface area contributed by atoms with Crippen LogP contribution in [0.3, 0.4) is 0 Å². The highest BCUT2D eigenvalue weighted by molar-refractivity contribution is 7.89. The van der Waals surface area contributed by atoms with E-state index >= 15 is 0 Å². The molecule has 10 nitrogen and oxygen atoms in total. The second-order valence-electron chi connectivity index (χ2n) is 8.89. The van der Waals surface area contributed by atoms with E-state index in [1.807, 2.05) is 4.57 Å². The van der Waals surface area contributed by atoms with Crippen LogP contribution in [-0.2, 0) is 15.6 Å². The van der Waals surface area contributed by atoms with Gasteiger partial charge in [0.15, 0.2) is 0 Å². The molecule has 2 aliphatic carbocycles. The number of nitrogens with one attached hydrogen (secondary N) is 1. The number of hydrogen-bond acceptors (Lipinski definition) is 8. The van der Waals surface area contributed by atoms with Gasteiger partial charge in [-0.25, -0.2) is 27.9 Å². The van der Waals surface area contributed by atoms with Gasteiger partial charge in [-0.1, -0.05) is 5.10 Å². The second kappa shape index (κ2) is 8.03. The summed E-state index contributed by atoms with van der Waals surface area (Å²) < 4.78 is 44.9. The minimum atomic E-state index is -4.12. The molecule has 5 rings (SSSR count). The highest BCUT2D eigenvalue weighted by Gasteiger charge is 2.42. The van der Waals surface area contributed by atoms with Crippen LogP contribution in [0.4, 0.5) is 16.0 Å². The topological polar surface area (TPSA) is 138 Å². The average Bonchev–Trinajstić information content (AvgIpc) is 3.15. The summed E-state index contributed by atoms with van der Waals surface area (Å²) in [6.07, 6.45) is 10.2. The summed E-state index contributed by atoms with van der Waals surface area (Å²) in [5, 5.41) is 16.0. The summed E-state index contributed by atoms with van der Waals surface area (Å²) in [7, 11) is -4.12. The molecule has 0 saturated heterocycles. The smallest absolute Gasteiger partial charge is 0.317 e. The van der Waals surface area contributed by atoms with Gasteiger partial charge < -0.3 is 10.1 Å². The van der Waals surface area contributed by atoms with Crippen LogP contribution in [0.2, 0.25) is 0 Å². The quantitative estimate of drug-likeness (QED) is 0.534. The van der Waals surface area contributed by atoms with Crippen LogP contribution < -0.4 is 15.2 Å². The standard InChI is InChI=1S/C21H24FN7O3S/c1-21(6-7-21)29-12-26-28-20(29)32-16-4-2-13(8-16)14-10-24-19(25-11-14)27-15-3-5-18(17(22)9-15)33(23,30)31/h3,5,9-13,16H,2,4,6-8H2,1H3,(H2,23,30,31)(H,24,25,27)/t13-,16+/m0/s1. The van der Waals surface area contributed by atoms with E-state index in [-0.39, 0.29) is 23.5 Å². The van der Waals surface area contributed by atoms with E-state index in [1.54, 1.807) is 18.7 Å². The third kappa shape index (κ3) is 4.53. The SMILES string of the molecule is CC1(n2cnnc2O[C@@H]2CC[C@H](c3cnc(Nc4ccc(S(N)(=O)=O)c(F)c4)nc3)C2)CC1. The molecule has 1 aromatic carbocycles. The molecule has 2 aliphatic rings. The van der Waals surface area contributed by atoms with E-state index < -0.39 is 20.7 Å². The van der Waals surface area contributed by atoms with Crippen LogP contribution in [0.15, 0.2) is 41.8 Å². The summed E-state index contributed by atoms with van der Waals surface area (Å²) in [5.74, 6) is -0.399. The first-order valence-electron chi connectivity index (χ1n) is 10.7. The first-order chi connectivity index (χ1) is 15.7. The Morgan fingerprint density at radius 3 is 2.67 bits per heavy atom. The fourth-order valence-electron chi connectivity index (χ4n) is 4.15. The highest BCUT2D eigenvalue weighted by atomic mass is 32.2.